The van der Waals surface area contributed by atoms with Crippen molar-refractivity contribution in [3.05, 3.63) is 43.8 Å². The number of rotatable bonds is 3. The molecule has 1 N–H and O–H groups in total. The number of thiophene rings is 2. The summed E-state index contributed by atoms with van der Waals surface area (Å²) >= 11 is 3.36. The minimum Gasteiger partial charge on any atom is -0.344 e. The van der Waals surface area contributed by atoms with Crippen LogP contribution in [0.5, 0.6) is 0 Å². The summed E-state index contributed by atoms with van der Waals surface area (Å²) in [6.07, 6.45) is 4.81. The fourth-order valence-corrected chi connectivity index (χ4v) is 4.37. The predicted molar refractivity (Wildman–Crippen MR) is 81.2 cm³/mol. The third kappa shape index (κ3) is 2.74. The lowest BCUT2D eigenvalue weighted by Gasteiger charge is -2.10. The van der Waals surface area contributed by atoms with Gasteiger partial charge in [-0.3, -0.25) is 4.79 Å². The van der Waals surface area contributed by atoms with Gasteiger partial charge in [0.15, 0.2) is 0 Å². The summed E-state index contributed by atoms with van der Waals surface area (Å²) in [4.78, 5) is 15.8. The molecule has 1 atom stereocenters. The van der Waals surface area contributed by atoms with E-state index in [2.05, 4.69) is 17.4 Å². The molecular weight excluding hydrogens is 274 g/mol. The molecule has 1 unspecified atom stereocenters. The highest BCUT2D eigenvalue weighted by atomic mass is 32.1. The highest BCUT2D eigenvalue weighted by Crippen LogP contribution is 2.30. The van der Waals surface area contributed by atoms with Crippen molar-refractivity contribution in [1.82, 2.24) is 5.32 Å². The molecule has 2 aromatic heterocycles. The molecule has 2 heterocycles. The lowest BCUT2D eigenvalue weighted by atomic mass is 9.99. The van der Waals surface area contributed by atoms with Crippen molar-refractivity contribution in [2.45, 2.75) is 38.6 Å². The van der Waals surface area contributed by atoms with Crippen LogP contribution in [0, 0.1) is 0 Å². The maximum Gasteiger partial charge on any atom is 0.261 e. The van der Waals surface area contributed by atoms with E-state index in [1.165, 1.54) is 28.2 Å². The second-order valence-corrected chi connectivity index (χ2v) is 7.09. The van der Waals surface area contributed by atoms with Crippen LogP contribution in [0.2, 0.25) is 0 Å². The average Bonchev–Trinajstić information content (AvgIpc) is 3.07. The second kappa shape index (κ2) is 5.47. The second-order valence-electron chi connectivity index (χ2n) is 4.98. The minimum absolute atomic E-state index is 0.0697. The van der Waals surface area contributed by atoms with Gasteiger partial charge in [0.2, 0.25) is 0 Å². The SMILES string of the molecule is CC(NC(=O)c1cc2c(s1)CCCC2)c1cccs1. The van der Waals surface area contributed by atoms with Gasteiger partial charge in [-0.15, -0.1) is 22.7 Å². The number of fused-ring (bicyclic) bond motifs is 1. The third-order valence-corrected chi connectivity index (χ3v) is 5.83. The molecule has 1 aliphatic carbocycles. The molecule has 0 aliphatic heterocycles. The van der Waals surface area contributed by atoms with Gasteiger partial charge in [0.1, 0.15) is 0 Å². The zero-order chi connectivity index (χ0) is 13.2. The van der Waals surface area contributed by atoms with Crippen molar-refractivity contribution in [3.63, 3.8) is 0 Å². The van der Waals surface area contributed by atoms with Crippen molar-refractivity contribution in [2.75, 3.05) is 0 Å². The number of carbonyl (C=O) groups is 1. The number of aryl methyl sites for hydroxylation is 2. The molecule has 0 saturated heterocycles. The Hall–Kier alpha value is -1.13. The normalized spacial score (nSPS) is 15.8. The van der Waals surface area contributed by atoms with Gasteiger partial charge >= 0.3 is 0 Å². The van der Waals surface area contributed by atoms with E-state index in [9.17, 15) is 4.79 Å². The lowest BCUT2D eigenvalue weighted by molar-refractivity contribution is 0.0944. The number of amides is 1. The number of nitrogens with one attached hydrogen (secondary N) is 1. The molecule has 0 spiro atoms. The minimum atomic E-state index is 0.0697. The van der Waals surface area contributed by atoms with Crippen molar-refractivity contribution in [1.29, 1.82) is 0 Å². The lowest BCUT2D eigenvalue weighted by Crippen LogP contribution is -2.25. The Balaban J connectivity index is 1.72. The molecule has 0 fully saturated rings. The Labute approximate surface area is 121 Å². The first-order valence-corrected chi connectivity index (χ1v) is 8.39. The van der Waals surface area contributed by atoms with E-state index >= 15 is 0 Å². The van der Waals surface area contributed by atoms with E-state index in [-0.39, 0.29) is 11.9 Å². The van der Waals surface area contributed by atoms with Crippen LogP contribution < -0.4 is 5.32 Å². The summed E-state index contributed by atoms with van der Waals surface area (Å²) in [5, 5.41) is 5.13. The molecule has 4 heteroatoms. The van der Waals surface area contributed by atoms with Gasteiger partial charge in [0.05, 0.1) is 10.9 Å². The molecule has 19 heavy (non-hydrogen) atoms. The molecule has 0 bridgehead atoms. The van der Waals surface area contributed by atoms with Gasteiger partial charge in [-0.2, -0.15) is 0 Å². The summed E-state index contributed by atoms with van der Waals surface area (Å²) in [6, 6.07) is 6.27. The van der Waals surface area contributed by atoms with Gasteiger partial charge < -0.3 is 5.32 Å². The molecule has 0 radical (unpaired) electrons. The Morgan fingerprint density at radius 2 is 2.21 bits per heavy atom. The topological polar surface area (TPSA) is 29.1 Å². The summed E-state index contributed by atoms with van der Waals surface area (Å²) in [5.74, 6) is 0.0697. The Kier molecular flexibility index (Phi) is 3.71. The van der Waals surface area contributed by atoms with Crippen LogP contribution in [0.1, 0.15) is 50.8 Å². The molecule has 0 saturated carbocycles. The summed E-state index contributed by atoms with van der Waals surface area (Å²) < 4.78 is 0. The molecule has 1 amide bonds. The van der Waals surface area contributed by atoms with Gasteiger partial charge in [-0.1, -0.05) is 6.07 Å². The van der Waals surface area contributed by atoms with Crippen LogP contribution in [-0.4, -0.2) is 5.91 Å². The van der Waals surface area contributed by atoms with Crippen LogP contribution in [0.4, 0.5) is 0 Å². The fourth-order valence-electron chi connectivity index (χ4n) is 2.48. The van der Waals surface area contributed by atoms with E-state index < -0.39 is 0 Å². The van der Waals surface area contributed by atoms with E-state index in [0.717, 1.165) is 17.7 Å². The van der Waals surface area contributed by atoms with E-state index in [0.29, 0.717) is 0 Å². The van der Waals surface area contributed by atoms with Crippen molar-refractivity contribution < 1.29 is 4.79 Å². The maximum absolute atomic E-state index is 12.3. The van der Waals surface area contributed by atoms with Crippen molar-refractivity contribution >= 4 is 28.6 Å². The summed E-state index contributed by atoms with van der Waals surface area (Å²) in [6.45, 7) is 2.04. The zero-order valence-electron chi connectivity index (χ0n) is 10.9. The smallest absolute Gasteiger partial charge is 0.261 e. The molecule has 2 nitrogen and oxygen atoms in total. The fraction of sp³-hybridized carbons (Fsp3) is 0.400. The van der Waals surface area contributed by atoms with Crippen molar-refractivity contribution in [2.24, 2.45) is 0 Å². The molecule has 1 aliphatic rings. The Bertz CT molecular complexity index is 547. The third-order valence-electron chi connectivity index (χ3n) is 3.54. The summed E-state index contributed by atoms with van der Waals surface area (Å²) in [7, 11) is 0. The monoisotopic (exact) mass is 291 g/mol. The Morgan fingerprint density at radius 3 is 2.95 bits per heavy atom. The first-order valence-electron chi connectivity index (χ1n) is 6.70. The van der Waals surface area contributed by atoms with Gasteiger partial charge in [-0.05, 0) is 55.7 Å². The van der Waals surface area contributed by atoms with E-state index in [1.54, 1.807) is 22.7 Å². The largest absolute Gasteiger partial charge is 0.344 e. The van der Waals surface area contributed by atoms with Crippen LogP contribution in [0.25, 0.3) is 0 Å². The van der Waals surface area contributed by atoms with Crippen LogP contribution in [0.3, 0.4) is 0 Å². The summed E-state index contributed by atoms with van der Waals surface area (Å²) in [5.41, 5.74) is 1.39. The molecule has 2 aromatic rings. The molecule has 100 valence electrons. The molecule has 0 aromatic carbocycles. The standard InChI is InChI=1S/C15H17NOS2/c1-10(12-7-4-8-18-12)16-15(17)14-9-11-5-2-3-6-13(11)19-14/h4,7-10H,2-3,5-6H2,1H3,(H,16,17). The van der Waals surface area contributed by atoms with E-state index in [4.69, 9.17) is 0 Å². The zero-order valence-corrected chi connectivity index (χ0v) is 12.6. The maximum atomic E-state index is 12.3. The highest BCUT2D eigenvalue weighted by Gasteiger charge is 2.18. The number of hydrogen-bond donors (Lipinski definition) is 1. The van der Waals surface area contributed by atoms with Crippen LogP contribution in [-0.2, 0) is 12.8 Å². The van der Waals surface area contributed by atoms with Gasteiger partial charge in [-0.25, -0.2) is 0 Å². The van der Waals surface area contributed by atoms with Crippen LogP contribution >= 0.6 is 22.7 Å². The molecule has 3 rings (SSSR count). The van der Waals surface area contributed by atoms with Gasteiger partial charge in [0, 0.05) is 9.75 Å². The number of carbonyl (C=O) groups excluding carboxylic acids is 1. The first kappa shape index (κ1) is 12.9. The van der Waals surface area contributed by atoms with E-state index in [1.807, 2.05) is 18.4 Å². The highest BCUT2D eigenvalue weighted by molar-refractivity contribution is 7.14. The predicted octanol–water partition coefficient (Wildman–Crippen LogP) is 4.18. The Morgan fingerprint density at radius 1 is 1.37 bits per heavy atom. The van der Waals surface area contributed by atoms with Gasteiger partial charge in [0.25, 0.3) is 5.91 Å². The molecular formula is C15H17NOS2. The van der Waals surface area contributed by atoms with Crippen LogP contribution in [0.15, 0.2) is 23.6 Å². The average molecular weight is 291 g/mol. The first-order chi connectivity index (χ1) is 9.24. The van der Waals surface area contributed by atoms with Crippen molar-refractivity contribution in [3.8, 4) is 0 Å². The quantitative estimate of drug-likeness (QED) is 0.903. The number of hydrogen-bond acceptors (Lipinski definition) is 3.